The van der Waals surface area contributed by atoms with Gasteiger partial charge in [0.2, 0.25) is 5.91 Å². The van der Waals surface area contributed by atoms with Gasteiger partial charge in [-0.15, -0.1) is 0 Å². The van der Waals surface area contributed by atoms with Crippen LogP contribution in [0.25, 0.3) is 0 Å². The van der Waals surface area contributed by atoms with Crippen molar-refractivity contribution in [1.29, 1.82) is 0 Å². The first-order chi connectivity index (χ1) is 10.1. The average molecular weight is 289 g/mol. The third-order valence-corrected chi connectivity index (χ3v) is 4.67. The summed E-state index contributed by atoms with van der Waals surface area (Å²) >= 11 is 0. The number of benzene rings is 1. The van der Waals surface area contributed by atoms with Crippen molar-refractivity contribution in [3.05, 3.63) is 35.9 Å². The Kier molecular flexibility index (Phi) is 4.00. The zero-order chi connectivity index (χ0) is 14.9. The van der Waals surface area contributed by atoms with Gasteiger partial charge in [0, 0.05) is 45.6 Å². The summed E-state index contributed by atoms with van der Waals surface area (Å²) in [5, 5.41) is 10.5. The van der Waals surface area contributed by atoms with Crippen LogP contribution in [0.4, 0.5) is 0 Å². The van der Waals surface area contributed by atoms with Crippen molar-refractivity contribution in [3.63, 3.8) is 0 Å². The standard InChI is InChI=1S/C17H23NO3/c1-18(12-17(20)7-9-21-10-8-17)16(19)15-11-14(15)13-5-3-2-4-6-13/h2-6,14-15,20H,7-12H2,1H3. The molecule has 4 nitrogen and oxygen atoms in total. The molecule has 1 aromatic rings. The van der Waals surface area contributed by atoms with Crippen LogP contribution in [0.5, 0.6) is 0 Å². The van der Waals surface area contributed by atoms with E-state index >= 15 is 0 Å². The Balaban J connectivity index is 1.56. The van der Waals surface area contributed by atoms with Gasteiger partial charge < -0.3 is 14.7 Å². The molecule has 2 unspecified atom stereocenters. The van der Waals surface area contributed by atoms with Crippen LogP contribution in [0, 0.1) is 5.92 Å². The minimum Gasteiger partial charge on any atom is -0.388 e. The molecular formula is C17H23NO3. The number of amides is 1. The minimum atomic E-state index is -0.778. The van der Waals surface area contributed by atoms with E-state index in [2.05, 4.69) is 12.1 Å². The van der Waals surface area contributed by atoms with Gasteiger partial charge in [0.1, 0.15) is 0 Å². The van der Waals surface area contributed by atoms with Crippen molar-refractivity contribution >= 4 is 5.91 Å². The third kappa shape index (κ3) is 3.27. The van der Waals surface area contributed by atoms with Crippen LogP contribution in [0.3, 0.4) is 0 Å². The van der Waals surface area contributed by atoms with Crippen molar-refractivity contribution in [3.8, 4) is 0 Å². The van der Waals surface area contributed by atoms with Crippen LogP contribution in [-0.2, 0) is 9.53 Å². The lowest BCUT2D eigenvalue weighted by atomic mass is 9.94. The number of hydrogen-bond donors (Lipinski definition) is 1. The SMILES string of the molecule is CN(CC1(O)CCOCC1)C(=O)C1CC1c1ccccc1. The number of nitrogens with zero attached hydrogens (tertiary/aromatic N) is 1. The van der Waals surface area contributed by atoms with Gasteiger partial charge in [0.25, 0.3) is 0 Å². The van der Waals surface area contributed by atoms with Crippen molar-refractivity contribution in [2.75, 3.05) is 26.8 Å². The van der Waals surface area contributed by atoms with Gasteiger partial charge in [-0.05, 0) is 17.9 Å². The summed E-state index contributed by atoms with van der Waals surface area (Å²) in [6.45, 7) is 1.57. The fraction of sp³-hybridized carbons (Fsp3) is 0.588. The molecule has 1 N–H and O–H groups in total. The molecule has 0 bridgehead atoms. The number of aliphatic hydroxyl groups is 1. The lowest BCUT2D eigenvalue weighted by Gasteiger charge is -2.35. The molecule has 1 amide bonds. The molecule has 0 spiro atoms. The second-order valence-corrected chi connectivity index (χ2v) is 6.39. The number of carbonyl (C=O) groups is 1. The molecule has 1 saturated heterocycles. The normalized spacial score (nSPS) is 27.1. The Hall–Kier alpha value is -1.39. The smallest absolute Gasteiger partial charge is 0.226 e. The number of rotatable bonds is 4. The highest BCUT2D eigenvalue weighted by Gasteiger charge is 2.46. The van der Waals surface area contributed by atoms with Gasteiger partial charge in [-0.3, -0.25) is 4.79 Å². The molecule has 2 atom stereocenters. The van der Waals surface area contributed by atoms with E-state index in [9.17, 15) is 9.90 Å². The first-order valence-electron chi connectivity index (χ1n) is 7.69. The summed E-state index contributed by atoms with van der Waals surface area (Å²) in [5.41, 5.74) is 0.466. The van der Waals surface area contributed by atoms with Gasteiger partial charge in [-0.1, -0.05) is 30.3 Å². The van der Waals surface area contributed by atoms with Gasteiger partial charge in [-0.2, -0.15) is 0 Å². The second kappa shape index (κ2) is 5.78. The Morgan fingerprint density at radius 3 is 2.67 bits per heavy atom. The van der Waals surface area contributed by atoms with Crippen molar-refractivity contribution in [2.45, 2.75) is 30.8 Å². The summed E-state index contributed by atoms with van der Waals surface area (Å²) in [4.78, 5) is 14.2. The summed E-state index contributed by atoms with van der Waals surface area (Å²) in [7, 11) is 1.80. The Morgan fingerprint density at radius 2 is 2.00 bits per heavy atom. The summed E-state index contributed by atoms with van der Waals surface area (Å²) < 4.78 is 5.28. The van der Waals surface area contributed by atoms with E-state index in [0.29, 0.717) is 38.5 Å². The van der Waals surface area contributed by atoms with E-state index in [4.69, 9.17) is 4.74 Å². The van der Waals surface area contributed by atoms with E-state index in [1.807, 2.05) is 18.2 Å². The van der Waals surface area contributed by atoms with Crippen LogP contribution in [0.15, 0.2) is 30.3 Å². The van der Waals surface area contributed by atoms with E-state index in [-0.39, 0.29) is 11.8 Å². The molecule has 1 aromatic carbocycles. The predicted molar refractivity (Wildman–Crippen MR) is 79.9 cm³/mol. The number of carbonyl (C=O) groups excluding carboxylic acids is 1. The second-order valence-electron chi connectivity index (χ2n) is 6.39. The van der Waals surface area contributed by atoms with Crippen LogP contribution in [-0.4, -0.2) is 48.3 Å². The van der Waals surface area contributed by atoms with Crippen LogP contribution >= 0.6 is 0 Å². The number of hydrogen-bond acceptors (Lipinski definition) is 3. The number of likely N-dealkylation sites (N-methyl/N-ethyl adjacent to an activating group) is 1. The Labute approximate surface area is 125 Å². The van der Waals surface area contributed by atoms with Crippen LogP contribution in [0.2, 0.25) is 0 Å². The monoisotopic (exact) mass is 289 g/mol. The largest absolute Gasteiger partial charge is 0.388 e. The molecule has 2 fully saturated rings. The Bertz CT molecular complexity index is 496. The molecule has 3 rings (SSSR count). The lowest BCUT2D eigenvalue weighted by molar-refractivity contribution is -0.138. The first-order valence-corrected chi connectivity index (χ1v) is 7.69. The van der Waals surface area contributed by atoms with Gasteiger partial charge in [-0.25, -0.2) is 0 Å². The molecule has 1 aliphatic carbocycles. The first kappa shape index (κ1) is 14.5. The molecular weight excluding hydrogens is 266 g/mol. The molecule has 1 heterocycles. The summed E-state index contributed by atoms with van der Waals surface area (Å²) in [5.74, 6) is 0.593. The molecule has 1 aliphatic heterocycles. The Morgan fingerprint density at radius 1 is 1.33 bits per heavy atom. The zero-order valence-corrected chi connectivity index (χ0v) is 12.5. The fourth-order valence-corrected chi connectivity index (χ4v) is 3.25. The molecule has 114 valence electrons. The highest BCUT2D eigenvalue weighted by atomic mass is 16.5. The molecule has 2 aliphatic rings. The molecule has 1 saturated carbocycles. The molecule has 0 radical (unpaired) electrons. The van der Waals surface area contributed by atoms with E-state index < -0.39 is 5.60 Å². The highest BCUT2D eigenvalue weighted by Crippen LogP contribution is 2.48. The van der Waals surface area contributed by atoms with Gasteiger partial charge in [0.15, 0.2) is 0 Å². The van der Waals surface area contributed by atoms with E-state index in [1.54, 1.807) is 11.9 Å². The molecule has 4 heteroatoms. The number of ether oxygens (including phenoxy) is 1. The third-order valence-electron chi connectivity index (χ3n) is 4.67. The zero-order valence-electron chi connectivity index (χ0n) is 12.5. The van der Waals surface area contributed by atoms with Crippen molar-refractivity contribution in [2.24, 2.45) is 5.92 Å². The van der Waals surface area contributed by atoms with Crippen molar-refractivity contribution < 1.29 is 14.6 Å². The van der Waals surface area contributed by atoms with E-state index in [1.165, 1.54) is 5.56 Å². The lowest BCUT2D eigenvalue weighted by Crippen LogP contribution is -2.47. The van der Waals surface area contributed by atoms with Crippen LogP contribution < -0.4 is 0 Å². The predicted octanol–water partition coefficient (Wildman–Crippen LogP) is 1.79. The molecule has 0 aromatic heterocycles. The maximum Gasteiger partial charge on any atom is 0.226 e. The topological polar surface area (TPSA) is 49.8 Å². The average Bonchev–Trinajstić information content (AvgIpc) is 3.28. The summed E-state index contributed by atoms with van der Waals surface area (Å²) in [6.07, 6.45) is 2.14. The molecule has 21 heavy (non-hydrogen) atoms. The van der Waals surface area contributed by atoms with E-state index in [0.717, 1.165) is 6.42 Å². The quantitative estimate of drug-likeness (QED) is 0.919. The summed E-state index contributed by atoms with van der Waals surface area (Å²) in [6, 6.07) is 10.2. The maximum atomic E-state index is 12.5. The minimum absolute atomic E-state index is 0.0841. The van der Waals surface area contributed by atoms with Gasteiger partial charge >= 0.3 is 0 Å². The maximum absolute atomic E-state index is 12.5. The highest BCUT2D eigenvalue weighted by molar-refractivity contribution is 5.82. The fourth-order valence-electron chi connectivity index (χ4n) is 3.25. The van der Waals surface area contributed by atoms with Crippen LogP contribution in [0.1, 0.15) is 30.7 Å². The van der Waals surface area contributed by atoms with Crippen molar-refractivity contribution in [1.82, 2.24) is 4.90 Å². The van der Waals surface area contributed by atoms with Gasteiger partial charge in [0.05, 0.1) is 5.60 Å².